The summed E-state index contributed by atoms with van der Waals surface area (Å²) in [5.74, 6) is 1.70. The van der Waals surface area contributed by atoms with E-state index < -0.39 is 0 Å². The average molecular weight is 312 g/mol. The Hall–Kier alpha value is -2.81. The zero-order valence-corrected chi connectivity index (χ0v) is 12.5. The van der Waals surface area contributed by atoms with Gasteiger partial charge in [0.2, 0.25) is 0 Å². The highest BCUT2D eigenvalue weighted by Crippen LogP contribution is 2.14. The smallest absolute Gasteiger partial charge is 0.200 e. The van der Waals surface area contributed by atoms with Gasteiger partial charge in [0, 0.05) is 25.8 Å². The molecule has 0 saturated carbocycles. The van der Waals surface area contributed by atoms with Gasteiger partial charge in [-0.2, -0.15) is 0 Å². The molecule has 9 nitrogen and oxygen atoms in total. The topological polar surface area (TPSA) is 93.4 Å². The number of ether oxygens (including phenoxy) is 1. The Morgan fingerprint density at radius 1 is 1.13 bits per heavy atom. The molecule has 0 unspecified atom stereocenters. The first-order valence-electron chi connectivity index (χ1n) is 7.45. The van der Waals surface area contributed by atoms with Gasteiger partial charge in [-0.3, -0.25) is 0 Å². The summed E-state index contributed by atoms with van der Waals surface area (Å²) in [6, 6.07) is 7.77. The van der Waals surface area contributed by atoms with E-state index in [-0.39, 0.29) is 0 Å². The number of nitrogens with zero attached hydrogens (tertiary/aromatic N) is 7. The van der Waals surface area contributed by atoms with E-state index in [4.69, 9.17) is 4.74 Å². The van der Waals surface area contributed by atoms with Crippen LogP contribution in [0.5, 0.6) is 0 Å². The van der Waals surface area contributed by atoms with E-state index >= 15 is 0 Å². The molecule has 0 radical (unpaired) electrons. The number of rotatable bonds is 4. The van der Waals surface area contributed by atoms with E-state index in [0.29, 0.717) is 18.0 Å². The molecule has 0 atom stereocenters. The molecule has 118 valence electrons. The predicted octanol–water partition coefficient (Wildman–Crippen LogP) is 0.363. The number of aromatic nitrogens is 6. The first-order valence-corrected chi connectivity index (χ1v) is 7.45. The van der Waals surface area contributed by atoms with Crippen LogP contribution in [0.2, 0.25) is 0 Å². The van der Waals surface area contributed by atoms with E-state index in [1.807, 2.05) is 24.4 Å². The molecular formula is C14H16N8O. The zero-order valence-electron chi connectivity index (χ0n) is 12.5. The molecule has 23 heavy (non-hydrogen) atoms. The zero-order chi connectivity index (χ0) is 15.5. The summed E-state index contributed by atoms with van der Waals surface area (Å²) < 4.78 is 6.75. The van der Waals surface area contributed by atoms with Crippen LogP contribution in [0, 0.1) is 0 Å². The Kier molecular flexibility index (Phi) is 3.68. The summed E-state index contributed by atoms with van der Waals surface area (Å²) in [6.07, 6.45) is 1.88. The Balaban J connectivity index is 1.40. The highest BCUT2D eigenvalue weighted by Gasteiger charge is 2.11. The fourth-order valence-corrected chi connectivity index (χ4v) is 2.44. The van der Waals surface area contributed by atoms with Gasteiger partial charge in [0.25, 0.3) is 0 Å². The van der Waals surface area contributed by atoms with Crippen LogP contribution in [0.1, 0.15) is 5.56 Å². The summed E-state index contributed by atoms with van der Waals surface area (Å²) in [4.78, 5) is 6.76. The van der Waals surface area contributed by atoms with E-state index in [0.717, 1.165) is 37.7 Å². The number of anilines is 2. The maximum absolute atomic E-state index is 5.35. The first kappa shape index (κ1) is 13.8. The van der Waals surface area contributed by atoms with Crippen molar-refractivity contribution in [2.45, 2.75) is 6.54 Å². The third-order valence-corrected chi connectivity index (χ3v) is 3.69. The standard InChI is InChI=1S/C14H16N8O/c1-3-13(21-5-7-23-8-6-21)16-10-11(1)9-15-12-2-4-14-17-19-20-22(14)18-12/h1-4,10H,5-9H2,(H,15,18). The molecule has 0 spiro atoms. The minimum absolute atomic E-state index is 0.618. The molecule has 3 aromatic rings. The summed E-state index contributed by atoms with van der Waals surface area (Å²) in [6.45, 7) is 3.94. The molecule has 0 amide bonds. The number of fused-ring (bicyclic) bond motifs is 1. The molecule has 0 aliphatic carbocycles. The highest BCUT2D eigenvalue weighted by molar-refractivity contribution is 5.43. The number of hydrogen-bond acceptors (Lipinski definition) is 8. The van der Waals surface area contributed by atoms with Crippen molar-refractivity contribution < 1.29 is 4.74 Å². The van der Waals surface area contributed by atoms with E-state index in [1.165, 1.54) is 4.63 Å². The monoisotopic (exact) mass is 312 g/mol. The van der Waals surface area contributed by atoms with Crippen LogP contribution in [-0.2, 0) is 11.3 Å². The van der Waals surface area contributed by atoms with Gasteiger partial charge in [0.1, 0.15) is 11.6 Å². The largest absolute Gasteiger partial charge is 0.378 e. The van der Waals surface area contributed by atoms with Crippen molar-refractivity contribution in [3.8, 4) is 0 Å². The lowest BCUT2D eigenvalue weighted by Crippen LogP contribution is -2.36. The fourth-order valence-electron chi connectivity index (χ4n) is 2.44. The second kappa shape index (κ2) is 6.13. The number of morpholine rings is 1. The van der Waals surface area contributed by atoms with E-state index in [1.54, 1.807) is 0 Å². The lowest BCUT2D eigenvalue weighted by atomic mass is 10.2. The van der Waals surface area contributed by atoms with Gasteiger partial charge in [-0.1, -0.05) is 6.07 Å². The second-order valence-corrected chi connectivity index (χ2v) is 5.22. The van der Waals surface area contributed by atoms with Gasteiger partial charge >= 0.3 is 0 Å². The van der Waals surface area contributed by atoms with Crippen LogP contribution >= 0.6 is 0 Å². The van der Waals surface area contributed by atoms with Crippen LogP contribution in [0.25, 0.3) is 5.65 Å². The molecule has 9 heteroatoms. The molecule has 1 N–H and O–H groups in total. The highest BCUT2D eigenvalue weighted by atomic mass is 16.5. The molecule has 4 heterocycles. The van der Waals surface area contributed by atoms with Crippen LogP contribution in [0.4, 0.5) is 11.6 Å². The Morgan fingerprint density at radius 2 is 2.04 bits per heavy atom. The van der Waals surface area contributed by atoms with Gasteiger partial charge < -0.3 is 15.0 Å². The van der Waals surface area contributed by atoms with Crippen LogP contribution in [0.3, 0.4) is 0 Å². The SMILES string of the molecule is c1cc(N2CCOCC2)ncc1CNc1ccc2nnnn2n1. The van der Waals surface area contributed by atoms with E-state index in [9.17, 15) is 0 Å². The molecule has 3 aromatic heterocycles. The Labute approximate surface area is 132 Å². The lowest BCUT2D eigenvalue weighted by Gasteiger charge is -2.27. The molecule has 1 aliphatic heterocycles. The van der Waals surface area contributed by atoms with Gasteiger partial charge in [0.15, 0.2) is 5.65 Å². The number of nitrogens with one attached hydrogen (secondary N) is 1. The normalized spacial score (nSPS) is 15.0. The lowest BCUT2D eigenvalue weighted by molar-refractivity contribution is 0.122. The molecular weight excluding hydrogens is 296 g/mol. The van der Waals surface area contributed by atoms with Crippen molar-refractivity contribution in [2.75, 3.05) is 36.5 Å². The van der Waals surface area contributed by atoms with Gasteiger partial charge in [0.05, 0.1) is 13.2 Å². The third-order valence-electron chi connectivity index (χ3n) is 3.69. The van der Waals surface area contributed by atoms with Gasteiger partial charge in [-0.15, -0.1) is 14.8 Å². The van der Waals surface area contributed by atoms with Gasteiger partial charge in [-0.25, -0.2) is 4.98 Å². The van der Waals surface area contributed by atoms with Crippen LogP contribution < -0.4 is 10.2 Å². The molecule has 0 aromatic carbocycles. The first-order chi connectivity index (χ1) is 11.4. The quantitative estimate of drug-likeness (QED) is 0.738. The molecule has 1 fully saturated rings. The minimum atomic E-state index is 0.618. The molecule has 1 saturated heterocycles. The summed E-state index contributed by atoms with van der Waals surface area (Å²) in [5, 5.41) is 18.7. The van der Waals surface area contributed by atoms with E-state index in [2.05, 4.69) is 41.9 Å². The maximum Gasteiger partial charge on any atom is 0.200 e. The summed E-state index contributed by atoms with van der Waals surface area (Å²) >= 11 is 0. The van der Waals surface area contributed by atoms with Crippen molar-refractivity contribution in [3.63, 3.8) is 0 Å². The maximum atomic E-state index is 5.35. The van der Waals surface area contributed by atoms with Crippen molar-refractivity contribution in [1.82, 2.24) is 30.2 Å². The number of tetrazole rings is 1. The summed E-state index contributed by atoms with van der Waals surface area (Å²) in [7, 11) is 0. The molecule has 1 aliphatic rings. The Morgan fingerprint density at radius 3 is 2.87 bits per heavy atom. The fraction of sp³-hybridized carbons (Fsp3) is 0.357. The Bertz CT molecular complexity index is 781. The third kappa shape index (κ3) is 3.04. The molecule has 4 rings (SSSR count). The van der Waals surface area contributed by atoms with Crippen LogP contribution in [0.15, 0.2) is 30.5 Å². The average Bonchev–Trinajstić information content (AvgIpc) is 3.09. The predicted molar refractivity (Wildman–Crippen MR) is 83.2 cm³/mol. The minimum Gasteiger partial charge on any atom is -0.378 e. The number of pyridine rings is 1. The summed E-state index contributed by atoms with van der Waals surface area (Å²) in [5.41, 5.74) is 1.70. The van der Waals surface area contributed by atoms with Crippen molar-refractivity contribution >= 4 is 17.3 Å². The van der Waals surface area contributed by atoms with Crippen molar-refractivity contribution in [3.05, 3.63) is 36.0 Å². The number of hydrogen-bond donors (Lipinski definition) is 1. The van der Waals surface area contributed by atoms with Crippen molar-refractivity contribution in [2.24, 2.45) is 0 Å². The van der Waals surface area contributed by atoms with Crippen LogP contribution in [-0.4, -0.2) is 56.5 Å². The van der Waals surface area contributed by atoms with Gasteiger partial charge in [-0.05, 0) is 34.2 Å². The second-order valence-electron chi connectivity index (χ2n) is 5.22. The molecule has 0 bridgehead atoms. The van der Waals surface area contributed by atoms with Crippen molar-refractivity contribution in [1.29, 1.82) is 0 Å².